The Morgan fingerprint density at radius 1 is 1.25 bits per heavy atom. The van der Waals surface area contributed by atoms with Gasteiger partial charge in [-0.3, -0.25) is 9.00 Å². The minimum absolute atomic E-state index is 0.0200. The minimum Gasteiger partial charge on any atom is -0.420 e. The van der Waals surface area contributed by atoms with Crippen LogP contribution in [0.4, 0.5) is 10.1 Å². The summed E-state index contributed by atoms with van der Waals surface area (Å²) in [6.45, 7) is 5.84. The standard InChI is InChI=1S/C22H22ClFN4O3S/c1-22(2,3)21-27-26-19(31-21)14-8-17-18(9-15(14)24)32(30)11-16(25)20(29)28(17)10-12-4-6-13(23)7-5-12/h4-9,16H,10-11,25H2,1-3H3/t16-,32?/m0/s1. The van der Waals surface area contributed by atoms with Gasteiger partial charge in [0.15, 0.2) is 0 Å². The van der Waals surface area contributed by atoms with Gasteiger partial charge >= 0.3 is 0 Å². The van der Waals surface area contributed by atoms with Gasteiger partial charge in [-0.1, -0.05) is 44.5 Å². The first-order valence-corrected chi connectivity index (χ1v) is 11.6. The first-order valence-electron chi connectivity index (χ1n) is 9.92. The fraction of sp³-hybridized carbons (Fsp3) is 0.318. The molecule has 1 aromatic heterocycles. The smallest absolute Gasteiger partial charge is 0.250 e. The number of amides is 1. The molecule has 32 heavy (non-hydrogen) atoms. The number of carbonyl (C=O) groups is 1. The zero-order valence-corrected chi connectivity index (χ0v) is 19.3. The summed E-state index contributed by atoms with van der Waals surface area (Å²) in [4.78, 5) is 14.7. The highest BCUT2D eigenvalue weighted by Crippen LogP contribution is 2.36. The molecule has 0 fully saturated rings. The van der Waals surface area contributed by atoms with Crippen LogP contribution in [-0.2, 0) is 27.6 Å². The van der Waals surface area contributed by atoms with Crippen molar-refractivity contribution >= 4 is 34.0 Å². The van der Waals surface area contributed by atoms with E-state index in [9.17, 15) is 9.00 Å². The van der Waals surface area contributed by atoms with E-state index in [0.717, 1.165) is 11.6 Å². The molecular formula is C22H22ClFN4O3S. The van der Waals surface area contributed by atoms with Crippen molar-refractivity contribution in [3.63, 3.8) is 0 Å². The normalized spacial score (nSPS) is 19.1. The maximum absolute atomic E-state index is 15.1. The Balaban J connectivity index is 1.84. The van der Waals surface area contributed by atoms with Crippen molar-refractivity contribution in [3.05, 3.63) is 58.7 Å². The fourth-order valence-electron chi connectivity index (χ4n) is 3.31. The maximum atomic E-state index is 15.1. The molecule has 0 spiro atoms. The number of halogens is 2. The van der Waals surface area contributed by atoms with Gasteiger partial charge in [0.1, 0.15) is 5.82 Å². The van der Waals surface area contributed by atoms with Crippen LogP contribution >= 0.6 is 11.6 Å². The Labute approximate surface area is 192 Å². The van der Waals surface area contributed by atoms with E-state index in [0.29, 0.717) is 16.6 Å². The Kier molecular flexibility index (Phi) is 5.91. The summed E-state index contributed by atoms with van der Waals surface area (Å²) < 4.78 is 33.6. The molecular weight excluding hydrogens is 455 g/mol. The van der Waals surface area contributed by atoms with Gasteiger partial charge in [0.2, 0.25) is 11.8 Å². The van der Waals surface area contributed by atoms with E-state index in [-0.39, 0.29) is 28.6 Å². The van der Waals surface area contributed by atoms with Gasteiger partial charge < -0.3 is 15.1 Å². The molecule has 168 valence electrons. The summed E-state index contributed by atoms with van der Waals surface area (Å²) in [6, 6.07) is 8.57. The van der Waals surface area contributed by atoms with Crippen molar-refractivity contribution in [3.8, 4) is 11.5 Å². The average molecular weight is 477 g/mol. The number of benzene rings is 2. The molecule has 7 nitrogen and oxygen atoms in total. The second-order valence-corrected chi connectivity index (χ2v) is 10.5. The number of hydrogen-bond acceptors (Lipinski definition) is 6. The highest BCUT2D eigenvalue weighted by atomic mass is 35.5. The van der Waals surface area contributed by atoms with Gasteiger partial charge in [-0.05, 0) is 29.8 Å². The number of fused-ring (bicyclic) bond motifs is 1. The van der Waals surface area contributed by atoms with Gasteiger partial charge in [0.05, 0.1) is 45.3 Å². The molecule has 2 atom stereocenters. The van der Waals surface area contributed by atoms with Crippen LogP contribution in [0.1, 0.15) is 32.2 Å². The lowest BCUT2D eigenvalue weighted by molar-refractivity contribution is -0.119. The van der Waals surface area contributed by atoms with E-state index in [2.05, 4.69) is 10.2 Å². The van der Waals surface area contributed by atoms with E-state index in [1.807, 2.05) is 20.8 Å². The van der Waals surface area contributed by atoms with Gasteiger partial charge in [-0.15, -0.1) is 10.2 Å². The van der Waals surface area contributed by atoms with Crippen LogP contribution in [0.2, 0.25) is 5.02 Å². The molecule has 0 aliphatic carbocycles. The quantitative estimate of drug-likeness (QED) is 0.616. The molecule has 1 unspecified atom stereocenters. The van der Waals surface area contributed by atoms with Crippen LogP contribution in [0.25, 0.3) is 11.5 Å². The van der Waals surface area contributed by atoms with Crippen LogP contribution in [0, 0.1) is 5.82 Å². The van der Waals surface area contributed by atoms with E-state index in [1.54, 1.807) is 24.3 Å². The molecule has 2 N–H and O–H groups in total. The molecule has 10 heteroatoms. The molecule has 3 aromatic rings. The number of nitrogens with two attached hydrogens (primary N) is 1. The van der Waals surface area contributed by atoms with Crippen molar-refractivity contribution in [2.24, 2.45) is 5.73 Å². The lowest BCUT2D eigenvalue weighted by atomic mass is 9.97. The molecule has 1 aliphatic rings. The lowest BCUT2D eigenvalue weighted by Gasteiger charge is -2.24. The highest BCUT2D eigenvalue weighted by Gasteiger charge is 2.34. The molecule has 2 heterocycles. The molecule has 0 radical (unpaired) electrons. The van der Waals surface area contributed by atoms with Crippen molar-refractivity contribution in [2.45, 2.75) is 43.7 Å². The van der Waals surface area contributed by atoms with Gasteiger partial charge in [-0.25, -0.2) is 4.39 Å². The summed E-state index contributed by atoms with van der Waals surface area (Å²) >= 11 is 5.97. The van der Waals surface area contributed by atoms with Crippen LogP contribution in [-0.4, -0.2) is 32.1 Å². The van der Waals surface area contributed by atoms with Gasteiger partial charge in [0, 0.05) is 10.4 Å². The fourth-order valence-corrected chi connectivity index (χ4v) is 4.73. The molecule has 0 bridgehead atoms. The van der Waals surface area contributed by atoms with Crippen LogP contribution in [0.15, 0.2) is 45.7 Å². The number of nitrogens with zero attached hydrogens (tertiary/aromatic N) is 3. The van der Waals surface area contributed by atoms with E-state index in [4.69, 9.17) is 21.8 Å². The van der Waals surface area contributed by atoms with Crippen LogP contribution in [0.3, 0.4) is 0 Å². The Morgan fingerprint density at radius 2 is 1.94 bits per heavy atom. The van der Waals surface area contributed by atoms with Crippen molar-refractivity contribution in [2.75, 3.05) is 10.7 Å². The van der Waals surface area contributed by atoms with Gasteiger partial charge in [-0.2, -0.15) is 0 Å². The largest absolute Gasteiger partial charge is 0.420 e. The highest BCUT2D eigenvalue weighted by molar-refractivity contribution is 7.85. The van der Waals surface area contributed by atoms with E-state index < -0.39 is 34.0 Å². The van der Waals surface area contributed by atoms with Gasteiger partial charge in [0.25, 0.3) is 5.89 Å². The zero-order chi connectivity index (χ0) is 23.2. The second kappa shape index (κ2) is 8.38. The SMILES string of the molecule is CC(C)(C)c1nnc(-c2cc3c(cc2F)S(=O)C[C@H](N)C(=O)N3Cc2ccc(Cl)cc2)o1. The predicted molar refractivity (Wildman–Crippen MR) is 120 cm³/mol. The van der Waals surface area contributed by atoms with Crippen molar-refractivity contribution in [1.29, 1.82) is 0 Å². The predicted octanol–water partition coefficient (Wildman–Crippen LogP) is 3.81. The Bertz CT molecular complexity index is 1210. The monoisotopic (exact) mass is 476 g/mol. The first kappa shape index (κ1) is 22.6. The first-order chi connectivity index (χ1) is 15.0. The summed E-state index contributed by atoms with van der Waals surface area (Å²) in [6.07, 6.45) is 0. The second-order valence-electron chi connectivity index (χ2n) is 8.63. The van der Waals surface area contributed by atoms with Crippen molar-refractivity contribution in [1.82, 2.24) is 10.2 Å². The van der Waals surface area contributed by atoms with Crippen LogP contribution < -0.4 is 10.6 Å². The summed E-state index contributed by atoms with van der Waals surface area (Å²) in [5.41, 5.74) is 6.70. The summed E-state index contributed by atoms with van der Waals surface area (Å²) in [5, 5.41) is 8.56. The number of anilines is 1. The Morgan fingerprint density at radius 3 is 2.56 bits per heavy atom. The lowest BCUT2D eigenvalue weighted by Crippen LogP contribution is -2.44. The number of carbonyl (C=O) groups excluding carboxylic acids is 1. The third kappa shape index (κ3) is 4.32. The molecule has 2 aromatic carbocycles. The topological polar surface area (TPSA) is 102 Å². The summed E-state index contributed by atoms with van der Waals surface area (Å²) in [7, 11) is -1.66. The molecule has 0 saturated carbocycles. The number of hydrogen-bond donors (Lipinski definition) is 1. The number of rotatable bonds is 3. The summed E-state index contributed by atoms with van der Waals surface area (Å²) in [5.74, 6) is -0.854. The Hall–Kier alpha value is -2.62. The zero-order valence-electron chi connectivity index (χ0n) is 17.8. The molecule has 4 rings (SSSR count). The average Bonchev–Trinajstić information content (AvgIpc) is 3.20. The van der Waals surface area contributed by atoms with Crippen LogP contribution in [0.5, 0.6) is 0 Å². The molecule has 1 aliphatic heterocycles. The molecule has 0 saturated heterocycles. The van der Waals surface area contributed by atoms with E-state index >= 15 is 4.39 Å². The minimum atomic E-state index is -1.66. The maximum Gasteiger partial charge on any atom is 0.250 e. The van der Waals surface area contributed by atoms with E-state index in [1.165, 1.54) is 11.0 Å². The number of aromatic nitrogens is 2. The van der Waals surface area contributed by atoms with Crippen molar-refractivity contribution < 1.29 is 17.8 Å². The third-order valence-corrected chi connectivity index (χ3v) is 6.78. The molecule has 1 amide bonds. The third-order valence-electron chi connectivity index (χ3n) is 5.05.